The van der Waals surface area contributed by atoms with Crippen molar-refractivity contribution in [3.8, 4) is 0 Å². The average Bonchev–Trinajstić information content (AvgIpc) is 2.98. The van der Waals surface area contributed by atoms with E-state index in [-0.39, 0.29) is 17.7 Å². The van der Waals surface area contributed by atoms with Gasteiger partial charge in [0.1, 0.15) is 0 Å². The van der Waals surface area contributed by atoms with Crippen molar-refractivity contribution in [1.29, 1.82) is 0 Å². The third kappa shape index (κ3) is 3.56. The molecule has 0 spiro atoms. The third-order valence-electron chi connectivity index (χ3n) is 3.61. The molecule has 1 fully saturated rings. The molecular formula is C15H20N2O2. The molecule has 0 saturated heterocycles. The first-order valence-corrected chi connectivity index (χ1v) is 6.79. The first-order chi connectivity index (χ1) is 9.20. The van der Waals surface area contributed by atoms with Crippen LogP contribution < -0.4 is 10.6 Å². The van der Waals surface area contributed by atoms with E-state index >= 15 is 0 Å². The Morgan fingerprint density at radius 1 is 1.26 bits per heavy atom. The predicted octanol–water partition coefficient (Wildman–Crippen LogP) is 1.85. The zero-order chi connectivity index (χ0) is 13.7. The highest BCUT2D eigenvalue weighted by molar-refractivity contribution is 5.94. The van der Waals surface area contributed by atoms with Gasteiger partial charge in [-0.15, -0.1) is 0 Å². The third-order valence-corrected chi connectivity index (χ3v) is 3.61. The summed E-state index contributed by atoms with van der Waals surface area (Å²) in [6.07, 6.45) is 4.32. The molecule has 0 aliphatic heterocycles. The summed E-state index contributed by atoms with van der Waals surface area (Å²) in [6, 6.07) is 7.33. The molecule has 19 heavy (non-hydrogen) atoms. The van der Waals surface area contributed by atoms with E-state index in [0.717, 1.165) is 31.2 Å². The summed E-state index contributed by atoms with van der Waals surface area (Å²) in [6.45, 7) is 0.486. The Balaban J connectivity index is 1.92. The summed E-state index contributed by atoms with van der Waals surface area (Å²) in [5, 5.41) is 5.55. The van der Waals surface area contributed by atoms with E-state index in [0.29, 0.717) is 12.1 Å². The number of benzene rings is 1. The van der Waals surface area contributed by atoms with Crippen molar-refractivity contribution in [2.24, 2.45) is 5.92 Å². The first kappa shape index (κ1) is 13.6. The largest absolute Gasteiger partial charge is 0.355 e. The Morgan fingerprint density at radius 2 is 2.00 bits per heavy atom. The predicted molar refractivity (Wildman–Crippen MR) is 73.6 cm³/mol. The van der Waals surface area contributed by atoms with Gasteiger partial charge in [-0.05, 0) is 30.5 Å². The molecule has 2 amide bonds. The molecule has 102 valence electrons. The fourth-order valence-electron chi connectivity index (χ4n) is 2.49. The fraction of sp³-hybridized carbons (Fsp3) is 0.467. The highest BCUT2D eigenvalue weighted by Crippen LogP contribution is 2.24. The van der Waals surface area contributed by atoms with Crippen LogP contribution in [0.5, 0.6) is 0 Å². The van der Waals surface area contributed by atoms with Crippen LogP contribution in [-0.4, -0.2) is 18.9 Å². The van der Waals surface area contributed by atoms with E-state index in [1.807, 2.05) is 18.2 Å². The summed E-state index contributed by atoms with van der Waals surface area (Å²) in [5.74, 6) is 0.217. The van der Waals surface area contributed by atoms with Crippen molar-refractivity contribution in [2.45, 2.75) is 32.2 Å². The topological polar surface area (TPSA) is 58.2 Å². The number of amides is 2. The highest BCUT2D eigenvalue weighted by Gasteiger charge is 2.22. The molecule has 1 aromatic rings. The number of carbonyl (C=O) groups excluding carboxylic acids is 2. The standard InChI is InChI=1S/C15H20N2O2/c1-16-14(18)13-8-4-5-11(9-13)10-17-15(19)12-6-2-3-7-12/h4-5,8-9,12H,2-3,6-7,10H2,1H3,(H,16,18)(H,17,19). The van der Waals surface area contributed by atoms with Crippen molar-refractivity contribution in [2.75, 3.05) is 7.05 Å². The summed E-state index contributed by atoms with van der Waals surface area (Å²) in [4.78, 5) is 23.4. The van der Waals surface area contributed by atoms with E-state index in [2.05, 4.69) is 10.6 Å². The molecule has 0 atom stereocenters. The van der Waals surface area contributed by atoms with Gasteiger partial charge in [-0.2, -0.15) is 0 Å². The maximum atomic E-state index is 11.9. The van der Waals surface area contributed by atoms with Crippen molar-refractivity contribution in [3.05, 3.63) is 35.4 Å². The van der Waals surface area contributed by atoms with Gasteiger partial charge in [-0.25, -0.2) is 0 Å². The lowest BCUT2D eigenvalue weighted by Crippen LogP contribution is -2.28. The van der Waals surface area contributed by atoms with E-state index in [1.165, 1.54) is 0 Å². The molecule has 1 aliphatic carbocycles. The second-order valence-corrected chi connectivity index (χ2v) is 4.98. The Hall–Kier alpha value is -1.84. The minimum Gasteiger partial charge on any atom is -0.355 e. The van der Waals surface area contributed by atoms with E-state index < -0.39 is 0 Å². The van der Waals surface area contributed by atoms with Crippen LogP contribution in [-0.2, 0) is 11.3 Å². The van der Waals surface area contributed by atoms with Crippen LogP contribution in [0, 0.1) is 5.92 Å². The summed E-state index contributed by atoms with van der Waals surface area (Å²) in [5.41, 5.74) is 1.57. The van der Waals surface area contributed by atoms with Crippen LogP contribution in [0.1, 0.15) is 41.6 Å². The van der Waals surface area contributed by atoms with Gasteiger partial charge in [0, 0.05) is 25.1 Å². The Kier molecular flexibility index (Phi) is 4.55. The summed E-state index contributed by atoms with van der Waals surface area (Å²) >= 11 is 0. The molecule has 4 nitrogen and oxygen atoms in total. The van der Waals surface area contributed by atoms with Gasteiger partial charge < -0.3 is 10.6 Å². The van der Waals surface area contributed by atoms with E-state index in [1.54, 1.807) is 13.1 Å². The normalized spacial score (nSPS) is 15.2. The minimum absolute atomic E-state index is 0.107. The molecule has 1 aromatic carbocycles. The lowest BCUT2D eigenvalue weighted by Gasteiger charge is -2.11. The number of carbonyl (C=O) groups is 2. The molecule has 1 saturated carbocycles. The van der Waals surface area contributed by atoms with Crippen LogP contribution in [0.25, 0.3) is 0 Å². The molecule has 0 radical (unpaired) electrons. The fourth-order valence-corrected chi connectivity index (χ4v) is 2.49. The van der Waals surface area contributed by atoms with Crippen LogP contribution in [0.3, 0.4) is 0 Å². The Bertz CT molecular complexity index is 465. The summed E-state index contributed by atoms with van der Waals surface area (Å²) < 4.78 is 0. The van der Waals surface area contributed by atoms with Crippen molar-refractivity contribution >= 4 is 11.8 Å². The van der Waals surface area contributed by atoms with Gasteiger partial charge in [0.15, 0.2) is 0 Å². The molecule has 0 aromatic heterocycles. The van der Waals surface area contributed by atoms with E-state index in [9.17, 15) is 9.59 Å². The Labute approximate surface area is 113 Å². The van der Waals surface area contributed by atoms with Gasteiger partial charge in [0.2, 0.25) is 5.91 Å². The minimum atomic E-state index is -0.107. The van der Waals surface area contributed by atoms with Crippen molar-refractivity contribution < 1.29 is 9.59 Å². The van der Waals surface area contributed by atoms with Crippen molar-refractivity contribution in [3.63, 3.8) is 0 Å². The molecular weight excluding hydrogens is 240 g/mol. The van der Waals surface area contributed by atoms with Crippen LogP contribution in [0.4, 0.5) is 0 Å². The smallest absolute Gasteiger partial charge is 0.251 e. The molecule has 0 unspecified atom stereocenters. The van der Waals surface area contributed by atoms with Crippen LogP contribution in [0.2, 0.25) is 0 Å². The van der Waals surface area contributed by atoms with Crippen LogP contribution >= 0.6 is 0 Å². The molecule has 4 heteroatoms. The molecule has 2 N–H and O–H groups in total. The highest BCUT2D eigenvalue weighted by atomic mass is 16.2. The molecule has 0 bridgehead atoms. The lowest BCUT2D eigenvalue weighted by atomic mass is 10.1. The number of rotatable bonds is 4. The SMILES string of the molecule is CNC(=O)c1cccc(CNC(=O)C2CCCC2)c1. The monoisotopic (exact) mass is 260 g/mol. The van der Waals surface area contributed by atoms with Crippen molar-refractivity contribution in [1.82, 2.24) is 10.6 Å². The quantitative estimate of drug-likeness (QED) is 0.868. The van der Waals surface area contributed by atoms with Gasteiger partial charge in [0.25, 0.3) is 5.91 Å². The second kappa shape index (κ2) is 6.36. The van der Waals surface area contributed by atoms with Gasteiger partial charge in [-0.1, -0.05) is 25.0 Å². The second-order valence-electron chi connectivity index (χ2n) is 4.98. The zero-order valence-electron chi connectivity index (χ0n) is 11.2. The van der Waals surface area contributed by atoms with Gasteiger partial charge in [-0.3, -0.25) is 9.59 Å². The number of hydrogen-bond acceptors (Lipinski definition) is 2. The number of hydrogen-bond donors (Lipinski definition) is 2. The lowest BCUT2D eigenvalue weighted by molar-refractivity contribution is -0.124. The average molecular weight is 260 g/mol. The maximum absolute atomic E-state index is 11.9. The Morgan fingerprint density at radius 3 is 2.68 bits per heavy atom. The molecule has 2 rings (SSSR count). The maximum Gasteiger partial charge on any atom is 0.251 e. The zero-order valence-corrected chi connectivity index (χ0v) is 11.2. The van der Waals surface area contributed by atoms with Gasteiger partial charge >= 0.3 is 0 Å². The van der Waals surface area contributed by atoms with Gasteiger partial charge in [0.05, 0.1) is 0 Å². The molecule has 1 aliphatic rings. The molecule has 0 heterocycles. The van der Waals surface area contributed by atoms with Crippen LogP contribution in [0.15, 0.2) is 24.3 Å². The number of nitrogens with one attached hydrogen (secondary N) is 2. The van der Waals surface area contributed by atoms with E-state index in [4.69, 9.17) is 0 Å². The first-order valence-electron chi connectivity index (χ1n) is 6.79. The summed E-state index contributed by atoms with van der Waals surface area (Å²) in [7, 11) is 1.61.